The summed E-state index contributed by atoms with van der Waals surface area (Å²) >= 11 is 0. The molecule has 1 atom stereocenters. The average Bonchev–Trinajstić information content (AvgIpc) is 2.96. The van der Waals surface area contributed by atoms with E-state index in [9.17, 15) is 5.11 Å². The molecule has 2 rings (SSSR count). The molecule has 27 heavy (non-hydrogen) atoms. The normalized spacial score (nSPS) is 17.3. The van der Waals surface area contributed by atoms with E-state index in [1.165, 1.54) is 32.1 Å². The third kappa shape index (κ3) is 7.48. The van der Waals surface area contributed by atoms with Crippen LogP contribution in [-0.4, -0.2) is 45.0 Å². The minimum atomic E-state index is 0.236. The van der Waals surface area contributed by atoms with Crippen molar-refractivity contribution in [3.63, 3.8) is 0 Å². The van der Waals surface area contributed by atoms with Crippen molar-refractivity contribution in [1.29, 1.82) is 0 Å². The Balaban J connectivity index is 2.01. The number of aliphatic hydroxyl groups is 1. The molecule has 1 fully saturated rings. The van der Waals surface area contributed by atoms with Crippen LogP contribution in [0.25, 0.3) is 0 Å². The van der Waals surface area contributed by atoms with Crippen molar-refractivity contribution in [2.24, 2.45) is 23.9 Å². The molecule has 0 amide bonds. The van der Waals surface area contributed by atoms with Gasteiger partial charge in [-0.15, -0.1) is 10.2 Å². The van der Waals surface area contributed by atoms with Crippen LogP contribution < -0.4 is 10.6 Å². The van der Waals surface area contributed by atoms with Crippen LogP contribution in [0.15, 0.2) is 4.99 Å². The Hall–Kier alpha value is -1.63. The highest BCUT2D eigenvalue weighted by Crippen LogP contribution is 2.18. The number of aliphatic imine (C=N–C) groups is 1. The predicted octanol–water partition coefficient (Wildman–Crippen LogP) is 2.54. The van der Waals surface area contributed by atoms with E-state index in [-0.39, 0.29) is 6.61 Å². The maximum Gasteiger partial charge on any atom is 0.191 e. The van der Waals surface area contributed by atoms with Crippen molar-refractivity contribution in [3.05, 3.63) is 11.6 Å². The Labute approximate surface area is 164 Å². The summed E-state index contributed by atoms with van der Waals surface area (Å²) < 4.78 is 1.98. The van der Waals surface area contributed by atoms with Crippen LogP contribution >= 0.6 is 0 Å². The number of aryl methyl sites for hydroxylation is 1. The Kier molecular flexibility index (Phi) is 9.04. The van der Waals surface area contributed by atoms with Crippen LogP contribution in [0.1, 0.15) is 70.4 Å². The first-order valence-corrected chi connectivity index (χ1v) is 10.5. The van der Waals surface area contributed by atoms with Gasteiger partial charge in [-0.05, 0) is 44.4 Å². The van der Waals surface area contributed by atoms with Crippen LogP contribution in [0.2, 0.25) is 0 Å². The zero-order valence-electron chi connectivity index (χ0n) is 17.5. The molecule has 0 bridgehead atoms. The molecule has 1 aliphatic rings. The van der Waals surface area contributed by atoms with Crippen molar-refractivity contribution >= 4 is 5.96 Å². The summed E-state index contributed by atoms with van der Waals surface area (Å²) in [5.74, 6) is 3.69. The number of hydrogen-bond acceptors (Lipinski definition) is 4. The molecule has 1 aromatic heterocycles. The third-order valence-electron chi connectivity index (χ3n) is 5.41. The molecule has 3 N–H and O–H groups in total. The zero-order valence-corrected chi connectivity index (χ0v) is 17.5. The summed E-state index contributed by atoms with van der Waals surface area (Å²) in [6, 6.07) is 0.493. The SMILES string of the molecule is Cc1nnc(CN=C(NCC(CCO)CC(C)C)NC2CCCCC2)n1C. The largest absolute Gasteiger partial charge is 0.396 e. The highest BCUT2D eigenvalue weighted by atomic mass is 16.3. The van der Waals surface area contributed by atoms with Gasteiger partial charge in [0, 0.05) is 26.2 Å². The van der Waals surface area contributed by atoms with E-state index in [1.54, 1.807) is 0 Å². The minimum absolute atomic E-state index is 0.236. The van der Waals surface area contributed by atoms with E-state index < -0.39 is 0 Å². The Morgan fingerprint density at radius 3 is 2.59 bits per heavy atom. The lowest BCUT2D eigenvalue weighted by Crippen LogP contribution is -2.45. The molecule has 0 radical (unpaired) electrons. The van der Waals surface area contributed by atoms with Crippen LogP contribution in [0.3, 0.4) is 0 Å². The quantitative estimate of drug-likeness (QED) is 0.454. The second-order valence-corrected chi connectivity index (χ2v) is 8.26. The summed E-state index contributed by atoms with van der Waals surface area (Å²) in [6.45, 7) is 7.99. The van der Waals surface area contributed by atoms with E-state index in [0.29, 0.717) is 24.4 Å². The monoisotopic (exact) mass is 378 g/mol. The molecular weight excluding hydrogens is 340 g/mol. The molecule has 1 heterocycles. The summed E-state index contributed by atoms with van der Waals surface area (Å²) in [4.78, 5) is 4.78. The van der Waals surface area contributed by atoms with Crippen LogP contribution in [-0.2, 0) is 13.6 Å². The smallest absolute Gasteiger partial charge is 0.191 e. The molecule has 0 aromatic carbocycles. The fraction of sp³-hybridized carbons (Fsp3) is 0.850. The van der Waals surface area contributed by atoms with Gasteiger partial charge in [-0.1, -0.05) is 33.1 Å². The molecule has 1 saturated carbocycles. The van der Waals surface area contributed by atoms with E-state index in [2.05, 4.69) is 34.7 Å². The van der Waals surface area contributed by atoms with Gasteiger partial charge < -0.3 is 20.3 Å². The lowest BCUT2D eigenvalue weighted by Gasteiger charge is -2.26. The number of hydrogen-bond donors (Lipinski definition) is 3. The second kappa shape index (κ2) is 11.3. The molecule has 154 valence electrons. The molecule has 7 heteroatoms. The van der Waals surface area contributed by atoms with E-state index in [1.807, 2.05) is 18.5 Å². The number of nitrogens with zero attached hydrogens (tertiary/aromatic N) is 4. The topological polar surface area (TPSA) is 87.4 Å². The maximum absolute atomic E-state index is 9.37. The van der Waals surface area contributed by atoms with Gasteiger partial charge in [0.1, 0.15) is 12.4 Å². The highest BCUT2D eigenvalue weighted by Gasteiger charge is 2.17. The molecule has 1 aliphatic carbocycles. The summed E-state index contributed by atoms with van der Waals surface area (Å²) in [6.07, 6.45) is 8.24. The van der Waals surface area contributed by atoms with Crippen molar-refractivity contribution in [1.82, 2.24) is 25.4 Å². The third-order valence-corrected chi connectivity index (χ3v) is 5.41. The molecule has 1 aromatic rings. The number of guanidine groups is 1. The number of aromatic nitrogens is 3. The maximum atomic E-state index is 9.37. The van der Waals surface area contributed by atoms with Gasteiger partial charge in [0.25, 0.3) is 0 Å². The standard InChI is InChI=1S/C20H38N6O/c1-15(2)12-17(10-11-27)13-21-20(23-18-8-6-5-7-9-18)22-14-19-25-24-16(3)26(19)4/h15,17-18,27H,5-14H2,1-4H3,(H2,21,22,23). The first kappa shape index (κ1) is 21.7. The first-order chi connectivity index (χ1) is 13.0. The summed E-state index contributed by atoms with van der Waals surface area (Å²) in [7, 11) is 1.97. The van der Waals surface area contributed by atoms with E-state index in [4.69, 9.17) is 4.99 Å². The number of rotatable bonds is 9. The van der Waals surface area contributed by atoms with Crippen molar-refractivity contribution in [3.8, 4) is 0 Å². The predicted molar refractivity (Wildman–Crippen MR) is 110 cm³/mol. The molecular formula is C20H38N6O. The van der Waals surface area contributed by atoms with Gasteiger partial charge in [-0.2, -0.15) is 0 Å². The van der Waals surface area contributed by atoms with Crippen molar-refractivity contribution in [2.45, 2.75) is 78.3 Å². The molecule has 0 saturated heterocycles. The minimum Gasteiger partial charge on any atom is -0.396 e. The van der Waals surface area contributed by atoms with Gasteiger partial charge in [0.15, 0.2) is 11.8 Å². The second-order valence-electron chi connectivity index (χ2n) is 8.26. The van der Waals surface area contributed by atoms with Gasteiger partial charge in [-0.25, -0.2) is 4.99 Å². The average molecular weight is 379 g/mol. The molecule has 0 spiro atoms. The van der Waals surface area contributed by atoms with E-state index in [0.717, 1.165) is 37.0 Å². The molecule has 1 unspecified atom stereocenters. The van der Waals surface area contributed by atoms with E-state index >= 15 is 0 Å². The fourth-order valence-corrected chi connectivity index (χ4v) is 3.72. The molecule has 7 nitrogen and oxygen atoms in total. The van der Waals surface area contributed by atoms with Crippen LogP contribution in [0, 0.1) is 18.8 Å². The number of aliphatic hydroxyl groups excluding tert-OH is 1. The molecule has 0 aliphatic heterocycles. The van der Waals surface area contributed by atoms with Gasteiger partial charge in [0.2, 0.25) is 0 Å². The van der Waals surface area contributed by atoms with Crippen LogP contribution in [0.5, 0.6) is 0 Å². The van der Waals surface area contributed by atoms with Gasteiger partial charge >= 0.3 is 0 Å². The summed E-state index contributed by atoms with van der Waals surface area (Å²) in [5.41, 5.74) is 0. The fourth-order valence-electron chi connectivity index (χ4n) is 3.72. The van der Waals surface area contributed by atoms with Crippen LogP contribution in [0.4, 0.5) is 0 Å². The Bertz CT molecular complexity index is 577. The lowest BCUT2D eigenvalue weighted by molar-refractivity contribution is 0.242. The lowest BCUT2D eigenvalue weighted by atomic mass is 9.94. The number of nitrogens with one attached hydrogen (secondary N) is 2. The highest BCUT2D eigenvalue weighted by molar-refractivity contribution is 5.80. The Morgan fingerprint density at radius 1 is 1.26 bits per heavy atom. The van der Waals surface area contributed by atoms with Crippen molar-refractivity contribution < 1.29 is 5.11 Å². The summed E-state index contributed by atoms with van der Waals surface area (Å²) in [5, 5.41) is 24.8. The van der Waals surface area contributed by atoms with Gasteiger partial charge in [0.05, 0.1) is 0 Å². The van der Waals surface area contributed by atoms with Crippen molar-refractivity contribution in [2.75, 3.05) is 13.2 Å². The Morgan fingerprint density at radius 2 is 2.00 bits per heavy atom. The zero-order chi connectivity index (χ0) is 19.6. The first-order valence-electron chi connectivity index (χ1n) is 10.5. The van der Waals surface area contributed by atoms with Gasteiger partial charge in [-0.3, -0.25) is 0 Å².